The van der Waals surface area contributed by atoms with Crippen LogP contribution in [0.5, 0.6) is 17.2 Å². The first kappa shape index (κ1) is 21.0. The van der Waals surface area contributed by atoms with Gasteiger partial charge in [-0.1, -0.05) is 17.4 Å². The second-order valence-corrected chi connectivity index (χ2v) is 8.24. The number of anilines is 2. The van der Waals surface area contributed by atoms with Crippen molar-refractivity contribution >= 4 is 38.4 Å². The number of ether oxygens (including phenoxy) is 3. The fourth-order valence-electron chi connectivity index (χ4n) is 3.58. The molecular formula is C22H26N4O4S. The fourth-order valence-corrected chi connectivity index (χ4v) is 4.68. The summed E-state index contributed by atoms with van der Waals surface area (Å²) in [6, 6.07) is 9.18. The Kier molecular flexibility index (Phi) is 6.03. The van der Waals surface area contributed by atoms with E-state index >= 15 is 0 Å². The lowest BCUT2D eigenvalue weighted by atomic mass is 10.2. The van der Waals surface area contributed by atoms with Crippen LogP contribution in [0.4, 0.5) is 15.6 Å². The number of thiazole rings is 1. The highest BCUT2D eigenvalue weighted by Crippen LogP contribution is 2.36. The van der Waals surface area contributed by atoms with Gasteiger partial charge >= 0.3 is 6.03 Å². The van der Waals surface area contributed by atoms with Gasteiger partial charge in [0.2, 0.25) is 0 Å². The first-order chi connectivity index (χ1) is 15.0. The molecule has 1 N–H and O–H groups in total. The lowest BCUT2D eigenvalue weighted by Gasteiger charge is -2.34. The second kappa shape index (κ2) is 8.89. The van der Waals surface area contributed by atoms with E-state index in [1.165, 1.54) is 5.56 Å². The molecule has 31 heavy (non-hydrogen) atoms. The third-order valence-electron chi connectivity index (χ3n) is 5.35. The highest BCUT2D eigenvalue weighted by atomic mass is 32.1. The number of hydrogen-bond acceptors (Lipinski definition) is 7. The van der Waals surface area contributed by atoms with Gasteiger partial charge in [-0.15, -0.1) is 0 Å². The average molecular weight is 443 g/mol. The zero-order valence-corrected chi connectivity index (χ0v) is 18.9. The van der Waals surface area contributed by atoms with Gasteiger partial charge in [0.25, 0.3) is 0 Å². The van der Waals surface area contributed by atoms with Gasteiger partial charge in [0.05, 0.1) is 26.0 Å². The number of aryl methyl sites for hydroxylation is 1. The number of fused-ring (bicyclic) bond motifs is 1. The molecule has 0 bridgehead atoms. The van der Waals surface area contributed by atoms with E-state index < -0.39 is 0 Å². The number of benzene rings is 2. The molecule has 1 aromatic heterocycles. The number of methoxy groups -OCH3 is 3. The maximum absolute atomic E-state index is 12.8. The van der Waals surface area contributed by atoms with Gasteiger partial charge in [0.15, 0.2) is 5.13 Å². The number of carbonyl (C=O) groups excluding carboxylic acids is 1. The minimum Gasteiger partial charge on any atom is -0.497 e. The number of hydrogen-bond donors (Lipinski definition) is 1. The van der Waals surface area contributed by atoms with Crippen LogP contribution in [-0.2, 0) is 0 Å². The van der Waals surface area contributed by atoms with Crippen LogP contribution in [0.2, 0.25) is 0 Å². The van der Waals surface area contributed by atoms with Crippen LogP contribution in [0.1, 0.15) is 5.56 Å². The Morgan fingerprint density at radius 1 is 1.00 bits per heavy atom. The van der Waals surface area contributed by atoms with E-state index in [9.17, 15) is 4.79 Å². The zero-order valence-electron chi connectivity index (χ0n) is 18.1. The van der Waals surface area contributed by atoms with E-state index in [1.54, 1.807) is 50.9 Å². The molecule has 2 heterocycles. The molecule has 2 aromatic carbocycles. The van der Waals surface area contributed by atoms with E-state index in [2.05, 4.69) is 23.2 Å². The summed E-state index contributed by atoms with van der Waals surface area (Å²) < 4.78 is 17.2. The smallest absolute Gasteiger partial charge is 0.321 e. The predicted molar refractivity (Wildman–Crippen MR) is 123 cm³/mol. The Morgan fingerprint density at radius 3 is 2.29 bits per heavy atom. The van der Waals surface area contributed by atoms with Crippen LogP contribution < -0.4 is 24.4 Å². The molecule has 0 saturated carbocycles. The molecular weight excluding hydrogens is 416 g/mol. The Hall–Kier alpha value is -3.20. The minimum atomic E-state index is -0.142. The molecule has 0 aliphatic carbocycles. The van der Waals surface area contributed by atoms with E-state index in [-0.39, 0.29) is 6.03 Å². The number of urea groups is 1. The van der Waals surface area contributed by atoms with Crippen molar-refractivity contribution in [2.24, 2.45) is 0 Å². The molecule has 1 aliphatic heterocycles. The molecule has 0 radical (unpaired) electrons. The first-order valence-electron chi connectivity index (χ1n) is 10.0. The third-order valence-corrected chi connectivity index (χ3v) is 6.60. The predicted octanol–water partition coefficient (Wildman–Crippen LogP) is 3.98. The van der Waals surface area contributed by atoms with E-state index in [0.717, 1.165) is 34.2 Å². The van der Waals surface area contributed by atoms with E-state index in [4.69, 9.17) is 19.2 Å². The second-order valence-electron chi connectivity index (χ2n) is 7.26. The summed E-state index contributed by atoms with van der Waals surface area (Å²) in [6.07, 6.45) is 0. The summed E-state index contributed by atoms with van der Waals surface area (Å²) in [5.41, 5.74) is 2.72. The van der Waals surface area contributed by atoms with Crippen LogP contribution in [0.15, 0.2) is 30.3 Å². The summed E-state index contributed by atoms with van der Waals surface area (Å²) in [7, 11) is 4.83. The molecule has 1 fully saturated rings. The van der Waals surface area contributed by atoms with E-state index in [1.807, 2.05) is 11.0 Å². The quantitative estimate of drug-likeness (QED) is 0.644. The van der Waals surface area contributed by atoms with Crippen molar-refractivity contribution in [2.75, 3.05) is 57.7 Å². The molecule has 1 saturated heterocycles. The molecule has 3 aromatic rings. The van der Waals surface area contributed by atoms with Crippen LogP contribution in [-0.4, -0.2) is 63.4 Å². The van der Waals surface area contributed by atoms with Gasteiger partial charge in [-0.05, 0) is 18.6 Å². The number of rotatable bonds is 5. The number of nitrogens with one attached hydrogen (secondary N) is 1. The molecule has 0 unspecified atom stereocenters. The standard InChI is InChI=1S/C22H26N4O4S/c1-14-5-6-18(30-4)19-20(14)31-22(24-19)26-9-7-25(8-10-26)21(27)23-15-11-16(28-2)13-17(12-15)29-3/h5-6,11-13H,7-10H2,1-4H3,(H,23,27). The number of carbonyl (C=O) groups is 1. The Bertz CT molecular complexity index is 1070. The lowest BCUT2D eigenvalue weighted by Crippen LogP contribution is -2.50. The van der Waals surface area contributed by atoms with Gasteiger partial charge in [0.1, 0.15) is 22.8 Å². The lowest BCUT2D eigenvalue weighted by molar-refractivity contribution is 0.208. The summed E-state index contributed by atoms with van der Waals surface area (Å²) in [5.74, 6) is 2.04. The van der Waals surface area contributed by atoms with Crippen LogP contribution in [0, 0.1) is 6.92 Å². The van der Waals surface area contributed by atoms with Crippen molar-refractivity contribution in [3.05, 3.63) is 35.9 Å². The van der Waals surface area contributed by atoms with Crippen LogP contribution in [0.25, 0.3) is 10.2 Å². The highest BCUT2D eigenvalue weighted by Gasteiger charge is 2.24. The molecule has 2 amide bonds. The number of amides is 2. The van der Waals surface area contributed by atoms with Crippen molar-refractivity contribution in [3.8, 4) is 17.2 Å². The van der Waals surface area contributed by atoms with Crippen molar-refractivity contribution in [3.63, 3.8) is 0 Å². The topological polar surface area (TPSA) is 76.2 Å². The average Bonchev–Trinajstić information content (AvgIpc) is 3.25. The minimum absolute atomic E-state index is 0.142. The Morgan fingerprint density at radius 2 is 1.68 bits per heavy atom. The highest BCUT2D eigenvalue weighted by molar-refractivity contribution is 7.22. The molecule has 0 atom stereocenters. The summed E-state index contributed by atoms with van der Waals surface area (Å²) >= 11 is 1.67. The Balaban J connectivity index is 1.42. The van der Waals surface area contributed by atoms with Crippen molar-refractivity contribution in [1.82, 2.24) is 9.88 Å². The third kappa shape index (κ3) is 4.32. The van der Waals surface area contributed by atoms with E-state index in [0.29, 0.717) is 30.3 Å². The summed E-state index contributed by atoms with van der Waals surface area (Å²) in [6.45, 7) is 4.74. The summed E-state index contributed by atoms with van der Waals surface area (Å²) in [5, 5.41) is 3.90. The largest absolute Gasteiger partial charge is 0.497 e. The zero-order chi connectivity index (χ0) is 22.0. The van der Waals surface area contributed by atoms with Crippen molar-refractivity contribution in [2.45, 2.75) is 6.92 Å². The van der Waals surface area contributed by atoms with Gasteiger partial charge in [-0.2, -0.15) is 0 Å². The normalized spacial score (nSPS) is 13.9. The first-order valence-corrected chi connectivity index (χ1v) is 10.8. The number of piperazine rings is 1. The van der Waals surface area contributed by atoms with Crippen LogP contribution in [0.3, 0.4) is 0 Å². The maximum Gasteiger partial charge on any atom is 0.321 e. The maximum atomic E-state index is 12.8. The SMILES string of the molecule is COc1cc(NC(=O)N2CCN(c3nc4c(OC)ccc(C)c4s3)CC2)cc(OC)c1. The van der Waals surface area contributed by atoms with Crippen LogP contribution >= 0.6 is 11.3 Å². The number of nitrogens with zero attached hydrogens (tertiary/aromatic N) is 3. The number of aromatic nitrogens is 1. The molecule has 164 valence electrons. The van der Waals surface area contributed by atoms with Gasteiger partial charge < -0.3 is 29.3 Å². The monoisotopic (exact) mass is 442 g/mol. The fraction of sp³-hybridized carbons (Fsp3) is 0.364. The summed E-state index contributed by atoms with van der Waals surface area (Å²) in [4.78, 5) is 21.6. The van der Waals surface area contributed by atoms with Gasteiger partial charge in [0, 0.05) is 50.1 Å². The molecule has 4 rings (SSSR count). The van der Waals surface area contributed by atoms with Crippen molar-refractivity contribution < 1.29 is 19.0 Å². The molecule has 8 nitrogen and oxygen atoms in total. The molecule has 9 heteroatoms. The van der Waals surface area contributed by atoms with Gasteiger partial charge in [-0.3, -0.25) is 0 Å². The Labute approximate surface area is 185 Å². The molecule has 1 aliphatic rings. The molecule has 0 spiro atoms. The van der Waals surface area contributed by atoms with Crippen molar-refractivity contribution in [1.29, 1.82) is 0 Å². The van der Waals surface area contributed by atoms with Gasteiger partial charge in [-0.25, -0.2) is 9.78 Å².